The molecule has 140 valence electrons. The molecule has 0 saturated carbocycles. The van der Waals surface area contributed by atoms with E-state index in [0.717, 1.165) is 38.4 Å². The lowest BCUT2D eigenvalue weighted by Crippen LogP contribution is -1.88. The van der Waals surface area contributed by atoms with Crippen LogP contribution in [-0.4, -0.2) is 9.97 Å². The topological polar surface area (TPSA) is 52.1 Å². The van der Waals surface area contributed by atoms with E-state index in [0.29, 0.717) is 11.8 Å². The van der Waals surface area contributed by atoms with Crippen molar-refractivity contribution in [3.8, 4) is 21.5 Å². The van der Waals surface area contributed by atoms with Gasteiger partial charge in [-0.1, -0.05) is 24.3 Å². The molecule has 0 aliphatic heterocycles. The van der Waals surface area contributed by atoms with Crippen molar-refractivity contribution in [3.05, 3.63) is 82.6 Å². The Morgan fingerprint density at radius 3 is 1.62 bits per heavy atom. The first-order valence-electron chi connectivity index (χ1n) is 9.18. The minimum absolute atomic E-state index is 0.678. The summed E-state index contributed by atoms with van der Waals surface area (Å²) in [6, 6.07) is 20.4. The van der Waals surface area contributed by atoms with Crippen molar-refractivity contribution in [2.75, 3.05) is 0 Å². The minimum Gasteiger partial charge on any atom is -0.435 e. The van der Waals surface area contributed by atoms with Crippen LogP contribution in [0.15, 0.2) is 80.3 Å². The largest absolute Gasteiger partial charge is 0.435 e. The van der Waals surface area contributed by atoms with Crippen LogP contribution in [0, 0.1) is 0 Å². The lowest BCUT2D eigenvalue weighted by atomic mass is 10.0. The molecular weight excluding hydrogens is 400 g/mol. The summed E-state index contributed by atoms with van der Waals surface area (Å²) in [5.41, 5.74) is 5.76. The predicted octanol–water partition coefficient (Wildman–Crippen LogP) is 7.02. The molecule has 4 nitrogen and oxygen atoms in total. The second-order valence-corrected chi connectivity index (χ2v) is 8.67. The summed E-state index contributed by atoms with van der Waals surface area (Å²) in [5.74, 6) is 1.36. The van der Waals surface area contributed by atoms with Crippen LogP contribution in [0.4, 0.5) is 0 Å². The molecule has 4 heterocycles. The molecular formula is C23H14N2O2S2. The zero-order chi connectivity index (χ0) is 19.2. The molecule has 4 aromatic heterocycles. The highest BCUT2D eigenvalue weighted by Gasteiger charge is 2.12. The van der Waals surface area contributed by atoms with Crippen molar-refractivity contribution in [1.29, 1.82) is 0 Å². The van der Waals surface area contributed by atoms with Crippen molar-refractivity contribution in [2.45, 2.75) is 6.42 Å². The van der Waals surface area contributed by atoms with Gasteiger partial charge < -0.3 is 8.83 Å². The number of benzene rings is 2. The van der Waals surface area contributed by atoms with Crippen LogP contribution < -0.4 is 0 Å². The first-order valence-corrected chi connectivity index (χ1v) is 10.9. The molecule has 0 N–H and O–H groups in total. The minimum atomic E-state index is 0.678. The molecule has 0 aliphatic rings. The molecule has 0 spiro atoms. The Labute approximate surface area is 174 Å². The van der Waals surface area contributed by atoms with Gasteiger partial charge in [0.15, 0.2) is 11.2 Å². The van der Waals surface area contributed by atoms with E-state index in [1.54, 1.807) is 22.7 Å². The molecule has 6 aromatic rings. The number of thiophene rings is 2. The van der Waals surface area contributed by atoms with Crippen LogP contribution >= 0.6 is 22.7 Å². The fourth-order valence-electron chi connectivity index (χ4n) is 3.41. The van der Waals surface area contributed by atoms with Crippen molar-refractivity contribution >= 4 is 44.9 Å². The number of hydrogen-bond donors (Lipinski definition) is 0. The highest BCUT2D eigenvalue weighted by molar-refractivity contribution is 7.13. The lowest BCUT2D eigenvalue weighted by Gasteiger charge is -2.01. The first-order chi connectivity index (χ1) is 14.3. The molecule has 29 heavy (non-hydrogen) atoms. The quantitative estimate of drug-likeness (QED) is 0.311. The molecule has 0 radical (unpaired) electrons. The van der Waals surface area contributed by atoms with Gasteiger partial charge in [-0.25, -0.2) is 9.97 Å². The average Bonchev–Trinajstić information content (AvgIpc) is 3.53. The summed E-state index contributed by atoms with van der Waals surface area (Å²) >= 11 is 3.26. The smallest absolute Gasteiger partial charge is 0.237 e. The molecule has 6 heteroatoms. The van der Waals surface area contributed by atoms with Crippen LogP contribution in [0.2, 0.25) is 0 Å². The van der Waals surface area contributed by atoms with Gasteiger partial charge in [-0.05, 0) is 64.7 Å². The van der Waals surface area contributed by atoms with Gasteiger partial charge in [-0.3, -0.25) is 0 Å². The lowest BCUT2D eigenvalue weighted by molar-refractivity contribution is 0.621. The van der Waals surface area contributed by atoms with Crippen molar-refractivity contribution in [1.82, 2.24) is 9.97 Å². The molecule has 0 bridgehead atoms. The van der Waals surface area contributed by atoms with E-state index < -0.39 is 0 Å². The molecule has 0 amide bonds. The zero-order valence-corrected chi connectivity index (χ0v) is 16.8. The number of rotatable bonds is 4. The standard InChI is InChI=1S/C23H14N2O2S2/c1-3-20(28-9-1)22-24-16-12-14(5-7-18(16)26-22)11-15-6-8-19-17(13-15)25-23(27-19)21-4-2-10-29-21/h1-10,12-13H,11H2. The number of fused-ring (bicyclic) bond motifs is 2. The van der Waals surface area contributed by atoms with Gasteiger partial charge in [-0.2, -0.15) is 0 Å². The Morgan fingerprint density at radius 2 is 1.17 bits per heavy atom. The first kappa shape index (κ1) is 16.7. The molecule has 2 aromatic carbocycles. The van der Waals surface area contributed by atoms with Gasteiger partial charge in [0, 0.05) is 0 Å². The normalized spacial score (nSPS) is 11.6. The monoisotopic (exact) mass is 414 g/mol. The van der Waals surface area contributed by atoms with Crippen molar-refractivity contribution < 1.29 is 8.83 Å². The van der Waals surface area contributed by atoms with E-state index in [9.17, 15) is 0 Å². The molecule has 0 aliphatic carbocycles. The Balaban J connectivity index is 1.31. The summed E-state index contributed by atoms with van der Waals surface area (Å²) in [7, 11) is 0. The maximum absolute atomic E-state index is 5.89. The Hall–Kier alpha value is -3.22. The van der Waals surface area contributed by atoms with Crippen LogP contribution in [0.25, 0.3) is 43.7 Å². The molecule has 0 atom stereocenters. The molecule has 6 rings (SSSR count). The highest BCUT2D eigenvalue weighted by atomic mass is 32.1. The zero-order valence-electron chi connectivity index (χ0n) is 15.2. The number of aromatic nitrogens is 2. The summed E-state index contributed by atoms with van der Waals surface area (Å²) < 4.78 is 11.8. The van der Waals surface area contributed by atoms with E-state index >= 15 is 0 Å². The highest BCUT2D eigenvalue weighted by Crippen LogP contribution is 2.30. The third-order valence-corrected chi connectivity index (χ3v) is 6.49. The Kier molecular flexibility index (Phi) is 3.85. The van der Waals surface area contributed by atoms with E-state index in [2.05, 4.69) is 34.2 Å². The van der Waals surface area contributed by atoms with E-state index in [4.69, 9.17) is 8.83 Å². The maximum Gasteiger partial charge on any atom is 0.237 e. The van der Waals surface area contributed by atoms with Gasteiger partial charge in [-0.15, -0.1) is 22.7 Å². The Bertz CT molecular complexity index is 1320. The van der Waals surface area contributed by atoms with Crippen molar-refractivity contribution in [2.24, 2.45) is 0 Å². The second-order valence-electron chi connectivity index (χ2n) is 6.77. The number of oxazole rings is 2. The number of nitrogens with zero attached hydrogens (tertiary/aromatic N) is 2. The summed E-state index contributed by atoms with van der Waals surface area (Å²) in [6.07, 6.45) is 0.800. The maximum atomic E-state index is 5.89. The summed E-state index contributed by atoms with van der Waals surface area (Å²) in [6.45, 7) is 0. The van der Waals surface area contributed by atoms with Crippen LogP contribution in [0.1, 0.15) is 11.1 Å². The van der Waals surface area contributed by atoms with Crippen LogP contribution in [0.5, 0.6) is 0 Å². The van der Waals surface area contributed by atoms with Gasteiger partial charge in [0.25, 0.3) is 0 Å². The summed E-state index contributed by atoms with van der Waals surface area (Å²) in [5, 5.41) is 4.05. The molecule has 0 saturated heterocycles. The fourth-order valence-corrected chi connectivity index (χ4v) is 4.71. The van der Waals surface area contributed by atoms with Gasteiger partial charge in [0.2, 0.25) is 11.8 Å². The summed E-state index contributed by atoms with van der Waals surface area (Å²) in [4.78, 5) is 11.4. The van der Waals surface area contributed by atoms with E-state index in [1.165, 1.54) is 11.1 Å². The van der Waals surface area contributed by atoms with Gasteiger partial charge in [0.05, 0.1) is 9.75 Å². The van der Waals surface area contributed by atoms with E-state index in [-0.39, 0.29) is 0 Å². The van der Waals surface area contributed by atoms with Crippen LogP contribution in [-0.2, 0) is 6.42 Å². The number of hydrogen-bond acceptors (Lipinski definition) is 6. The third kappa shape index (κ3) is 3.06. The van der Waals surface area contributed by atoms with Gasteiger partial charge in [0.1, 0.15) is 11.0 Å². The fraction of sp³-hybridized carbons (Fsp3) is 0.0435. The van der Waals surface area contributed by atoms with Gasteiger partial charge >= 0.3 is 0 Å². The second kappa shape index (κ2) is 6.69. The Morgan fingerprint density at radius 1 is 0.655 bits per heavy atom. The predicted molar refractivity (Wildman–Crippen MR) is 117 cm³/mol. The molecule has 0 unspecified atom stereocenters. The van der Waals surface area contributed by atoms with E-state index in [1.807, 2.05) is 47.2 Å². The average molecular weight is 415 g/mol. The van der Waals surface area contributed by atoms with Crippen LogP contribution in [0.3, 0.4) is 0 Å². The molecule has 0 fully saturated rings. The SMILES string of the molecule is c1csc(-c2nc3cc(Cc4ccc5oc(-c6cccs6)nc5c4)ccc3o2)c1. The third-order valence-electron chi connectivity index (χ3n) is 4.78. The van der Waals surface area contributed by atoms with Crippen molar-refractivity contribution in [3.63, 3.8) is 0 Å².